The molecule has 4 nitrogen and oxygen atoms in total. The number of hydrogen-bond donors (Lipinski definition) is 2. The van der Waals surface area contributed by atoms with Gasteiger partial charge in [-0.1, -0.05) is 43.3 Å². The van der Waals surface area contributed by atoms with Crippen LogP contribution in [0.1, 0.15) is 29.2 Å². The fourth-order valence-corrected chi connectivity index (χ4v) is 3.19. The Bertz CT molecular complexity index is 1210. The van der Waals surface area contributed by atoms with Gasteiger partial charge in [0, 0.05) is 11.4 Å². The average molecular weight is 506 g/mol. The molecule has 0 fully saturated rings. The molecule has 0 aliphatic heterocycles. The van der Waals surface area contributed by atoms with E-state index in [2.05, 4.69) is 10.6 Å². The Labute approximate surface area is 202 Å². The summed E-state index contributed by atoms with van der Waals surface area (Å²) in [5.41, 5.74) is -1.54. The van der Waals surface area contributed by atoms with Crippen LogP contribution in [-0.4, -0.2) is 11.8 Å². The monoisotopic (exact) mass is 506 g/mol. The predicted octanol–water partition coefficient (Wildman–Crippen LogP) is 6.95. The van der Waals surface area contributed by atoms with Crippen molar-refractivity contribution in [1.82, 2.24) is 0 Å². The third-order valence-corrected chi connectivity index (χ3v) is 5.08. The summed E-state index contributed by atoms with van der Waals surface area (Å²) in [4.78, 5) is 25.9. The summed E-state index contributed by atoms with van der Waals surface area (Å²) in [6.07, 6.45) is -7.36. The summed E-state index contributed by atoms with van der Waals surface area (Å²) in [6.45, 7) is 1.93. The van der Waals surface area contributed by atoms with Gasteiger partial charge >= 0.3 is 12.4 Å². The summed E-state index contributed by atoms with van der Waals surface area (Å²) in [5, 5.41) is 4.50. The molecule has 0 radical (unpaired) electrons. The summed E-state index contributed by atoms with van der Waals surface area (Å²) >= 11 is 0. The maximum atomic E-state index is 13.0. The van der Waals surface area contributed by atoms with Crippen molar-refractivity contribution < 1.29 is 35.9 Å². The molecule has 0 atom stereocenters. The van der Waals surface area contributed by atoms with E-state index in [0.29, 0.717) is 17.7 Å². The van der Waals surface area contributed by atoms with E-state index < -0.39 is 40.9 Å². The second-order valence-electron chi connectivity index (χ2n) is 7.72. The number of aryl methyl sites for hydroxylation is 1. The van der Waals surface area contributed by atoms with Crippen molar-refractivity contribution in [2.45, 2.75) is 25.7 Å². The SMILES string of the molecule is CCc1ccc(C=C(C(=O)Nc2cccc(C(F)(F)F)c2)C(=O)Nc2cccc(C(F)(F)F)c2)cc1. The highest BCUT2D eigenvalue weighted by Crippen LogP contribution is 2.32. The first kappa shape index (κ1) is 26.5. The van der Waals surface area contributed by atoms with Crippen molar-refractivity contribution in [2.24, 2.45) is 0 Å². The van der Waals surface area contributed by atoms with Crippen molar-refractivity contribution in [1.29, 1.82) is 0 Å². The van der Waals surface area contributed by atoms with E-state index in [0.717, 1.165) is 36.2 Å². The molecule has 0 aliphatic rings. The van der Waals surface area contributed by atoms with Crippen molar-refractivity contribution in [3.8, 4) is 0 Å². The Morgan fingerprint density at radius 2 is 1.17 bits per heavy atom. The molecular weight excluding hydrogens is 486 g/mol. The second-order valence-corrected chi connectivity index (χ2v) is 7.72. The number of hydrogen-bond acceptors (Lipinski definition) is 2. The highest BCUT2D eigenvalue weighted by Gasteiger charge is 2.32. The maximum Gasteiger partial charge on any atom is 0.416 e. The van der Waals surface area contributed by atoms with E-state index in [1.165, 1.54) is 18.2 Å². The zero-order chi connectivity index (χ0) is 26.5. The van der Waals surface area contributed by atoms with Gasteiger partial charge in [0.15, 0.2) is 0 Å². The fourth-order valence-electron chi connectivity index (χ4n) is 3.19. The quantitative estimate of drug-likeness (QED) is 0.165. The van der Waals surface area contributed by atoms with E-state index in [1.807, 2.05) is 6.92 Å². The lowest BCUT2D eigenvalue weighted by atomic mass is 10.1. The lowest BCUT2D eigenvalue weighted by Crippen LogP contribution is -2.25. The van der Waals surface area contributed by atoms with Gasteiger partial charge in [0.25, 0.3) is 11.8 Å². The first-order chi connectivity index (χ1) is 16.9. The third kappa shape index (κ3) is 6.97. The standard InChI is InChI=1S/C26H20F6N2O2/c1-2-16-9-11-17(12-10-16)13-22(23(35)33-20-7-3-5-18(14-20)25(27,28)29)24(36)34-21-8-4-6-19(15-21)26(30,31)32/h3-15H,2H2,1H3,(H,33,35)(H,34,36). The Morgan fingerprint density at radius 1 is 0.722 bits per heavy atom. The molecule has 0 heterocycles. The number of benzene rings is 3. The maximum absolute atomic E-state index is 13.0. The molecular formula is C26H20F6N2O2. The molecule has 0 saturated heterocycles. The van der Waals surface area contributed by atoms with Crippen LogP contribution in [0.3, 0.4) is 0 Å². The molecule has 36 heavy (non-hydrogen) atoms. The van der Waals surface area contributed by atoms with Crippen LogP contribution in [0, 0.1) is 0 Å². The van der Waals surface area contributed by atoms with Crippen LogP contribution in [0.2, 0.25) is 0 Å². The molecule has 3 aromatic rings. The van der Waals surface area contributed by atoms with Crippen LogP contribution in [-0.2, 0) is 28.4 Å². The average Bonchev–Trinajstić information content (AvgIpc) is 2.82. The molecule has 0 bridgehead atoms. The molecule has 0 saturated carbocycles. The third-order valence-electron chi connectivity index (χ3n) is 5.08. The minimum absolute atomic E-state index is 0.214. The molecule has 2 amide bonds. The predicted molar refractivity (Wildman–Crippen MR) is 124 cm³/mol. The van der Waals surface area contributed by atoms with Gasteiger partial charge in [-0.2, -0.15) is 26.3 Å². The Morgan fingerprint density at radius 3 is 1.56 bits per heavy atom. The summed E-state index contributed by atoms with van der Waals surface area (Å²) in [7, 11) is 0. The molecule has 188 valence electrons. The summed E-state index contributed by atoms with van der Waals surface area (Å²) in [6, 6.07) is 14.5. The highest BCUT2D eigenvalue weighted by molar-refractivity contribution is 6.28. The van der Waals surface area contributed by atoms with E-state index in [4.69, 9.17) is 0 Å². The first-order valence-corrected chi connectivity index (χ1v) is 10.6. The van der Waals surface area contributed by atoms with E-state index >= 15 is 0 Å². The first-order valence-electron chi connectivity index (χ1n) is 10.6. The van der Waals surface area contributed by atoms with Crippen molar-refractivity contribution in [3.63, 3.8) is 0 Å². The molecule has 10 heteroatoms. The molecule has 3 aromatic carbocycles. The van der Waals surface area contributed by atoms with Gasteiger partial charge in [0.1, 0.15) is 5.57 Å². The second kappa shape index (κ2) is 10.7. The number of amides is 2. The number of carbonyl (C=O) groups excluding carboxylic acids is 2. The highest BCUT2D eigenvalue weighted by atomic mass is 19.4. The molecule has 0 aromatic heterocycles. The topological polar surface area (TPSA) is 58.2 Å². The zero-order valence-corrected chi connectivity index (χ0v) is 18.8. The van der Waals surface area contributed by atoms with Crippen molar-refractivity contribution in [2.75, 3.05) is 10.6 Å². The van der Waals surface area contributed by atoms with E-state index in [1.54, 1.807) is 24.3 Å². The lowest BCUT2D eigenvalue weighted by Gasteiger charge is -2.13. The molecule has 0 unspecified atom stereocenters. The van der Waals surface area contributed by atoms with E-state index in [-0.39, 0.29) is 11.4 Å². The van der Waals surface area contributed by atoms with Gasteiger partial charge < -0.3 is 10.6 Å². The van der Waals surface area contributed by atoms with Crippen LogP contribution in [0.25, 0.3) is 6.08 Å². The largest absolute Gasteiger partial charge is 0.416 e. The Balaban J connectivity index is 1.94. The van der Waals surface area contributed by atoms with Gasteiger partial charge in [-0.15, -0.1) is 0 Å². The van der Waals surface area contributed by atoms with Gasteiger partial charge in [-0.25, -0.2) is 0 Å². The smallest absolute Gasteiger partial charge is 0.322 e. The minimum atomic E-state index is -4.65. The molecule has 3 rings (SSSR count). The van der Waals surface area contributed by atoms with E-state index in [9.17, 15) is 35.9 Å². The van der Waals surface area contributed by atoms with Crippen LogP contribution in [0.5, 0.6) is 0 Å². The molecule has 2 N–H and O–H groups in total. The normalized spacial score (nSPS) is 11.5. The Hall–Kier alpha value is -4.08. The number of rotatable bonds is 6. The number of carbonyl (C=O) groups is 2. The van der Waals surface area contributed by atoms with Crippen molar-refractivity contribution >= 4 is 29.3 Å². The fraction of sp³-hybridized carbons (Fsp3) is 0.154. The summed E-state index contributed by atoms with van der Waals surface area (Å²) < 4.78 is 78.2. The Kier molecular flexibility index (Phi) is 7.87. The van der Waals surface area contributed by atoms with Crippen LogP contribution in [0.4, 0.5) is 37.7 Å². The minimum Gasteiger partial charge on any atom is -0.322 e. The number of nitrogens with one attached hydrogen (secondary N) is 2. The van der Waals surface area contributed by atoms with Crippen LogP contribution in [0.15, 0.2) is 78.4 Å². The van der Waals surface area contributed by atoms with Crippen LogP contribution >= 0.6 is 0 Å². The zero-order valence-electron chi connectivity index (χ0n) is 18.8. The number of anilines is 2. The van der Waals surface area contributed by atoms with Crippen molar-refractivity contribution in [3.05, 3.63) is 101 Å². The van der Waals surface area contributed by atoms with Crippen LogP contribution < -0.4 is 10.6 Å². The molecule has 0 aliphatic carbocycles. The lowest BCUT2D eigenvalue weighted by molar-refractivity contribution is -0.138. The van der Waals surface area contributed by atoms with Gasteiger partial charge in [0.2, 0.25) is 0 Å². The van der Waals surface area contributed by atoms with Gasteiger partial charge in [0.05, 0.1) is 11.1 Å². The number of halogens is 6. The number of alkyl halides is 6. The molecule has 0 spiro atoms. The summed E-state index contributed by atoms with van der Waals surface area (Å²) in [5.74, 6) is -2.09. The van der Waals surface area contributed by atoms with Gasteiger partial charge in [-0.05, 0) is 60.0 Å². The van der Waals surface area contributed by atoms with Gasteiger partial charge in [-0.3, -0.25) is 9.59 Å².